The topological polar surface area (TPSA) is 52.6 Å². The molecule has 0 amide bonds. The van der Waals surface area contributed by atoms with Crippen molar-refractivity contribution in [2.45, 2.75) is 66.6 Å². The molecule has 1 saturated carbocycles. The summed E-state index contributed by atoms with van der Waals surface area (Å²) in [6, 6.07) is 0. The lowest BCUT2D eigenvalue weighted by atomic mass is 9.68. The second-order valence-corrected chi connectivity index (χ2v) is 9.18. The van der Waals surface area contributed by atoms with Gasteiger partial charge in [-0.3, -0.25) is 4.79 Å². The highest BCUT2D eigenvalue weighted by molar-refractivity contribution is 5.93. The Morgan fingerprint density at radius 2 is 2.00 bits per heavy atom. The molecule has 0 radical (unpaired) electrons. The van der Waals surface area contributed by atoms with E-state index in [1.54, 1.807) is 0 Å². The first kappa shape index (κ1) is 16.5. The molecule has 1 saturated heterocycles. The summed E-state index contributed by atoms with van der Waals surface area (Å²) in [6.45, 7) is 12.6. The monoisotopic (exact) mass is 320 g/mol. The third-order valence-electron chi connectivity index (χ3n) is 5.82. The fourth-order valence-corrected chi connectivity index (χ4v) is 4.44. The number of hydrogen-bond acceptors (Lipinski definition) is 4. The van der Waals surface area contributed by atoms with E-state index < -0.39 is 5.41 Å². The number of ether oxygens (including phenoxy) is 2. The molecule has 0 spiro atoms. The average Bonchev–Trinajstić information content (AvgIpc) is 3.00. The van der Waals surface area contributed by atoms with Crippen molar-refractivity contribution in [1.82, 2.24) is 0 Å². The number of fused-ring (bicyclic) bond motifs is 1. The molecule has 2 aliphatic carbocycles. The molecule has 5 unspecified atom stereocenters. The Balaban J connectivity index is 1.76. The fraction of sp³-hybridized carbons (Fsp3) is 0.789. The van der Waals surface area contributed by atoms with Gasteiger partial charge in [-0.05, 0) is 31.1 Å². The van der Waals surface area contributed by atoms with Gasteiger partial charge in [0.25, 0.3) is 0 Å². The highest BCUT2D eigenvalue weighted by Crippen LogP contribution is 2.52. The van der Waals surface area contributed by atoms with Crippen LogP contribution in [0.3, 0.4) is 0 Å². The van der Waals surface area contributed by atoms with Crippen LogP contribution in [0.2, 0.25) is 0 Å². The van der Waals surface area contributed by atoms with Gasteiger partial charge in [-0.15, -0.1) is 0 Å². The quantitative estimate of drug-likeness (QED) is 0.744. The Labute approximate surface area is 138 Å². The molecule has 5 atom stereocenters. The van der Waals surface area contributed by atoms with Crippen LogP contribution >= 0.6 is 0 Å². The van der Waals surface area contributed by atoms with Crippen molar-refractivity contribution in [3.63, 3.8) is 0 Å². The van der Waals surface area contributed by atoms with Crippen molar-refractivity contribution >= 4 is 11.9 Å². The molecule has 0 N–H and O–H groups in total. The lowest BCUT2D eigenvalue weighted by Gasteiger charge is -2.38. The molecule has 23 heavy (non-hydrogen) atoms. The van der Waals surface area contributed by atoms with E-state index in [1.165, 1.54) is 0 Å². The summed E-state index contributed by atoms with van der Waals surface area (Å²) < 4.78 is 11.4. The molecule has 3 rings (SSSR count). The lowest BCUT2D eigenvalue weighted by molar-refractivity contribution is -0.175. The van der Waals surface area contributed by atoms with Crippen LogP contribution in [0.25, 0.3) is 0 Å². The van der Waals surface area contributed by atoms with Gasteiger partial charge in [-0.25, -0.2) is 4.79 Å². The lowest BCUT2D eigenvalue weighted by Crippen LogP contribution is -2.43. The van der Waals surface area contributed by atoms with Gasteiger partial charge >= 0.3 is 11.9 Å². The SMILES string of the molecule is CC(C)C(C)(CC(C)(C)C)C(=O)OC1C2C=C3C(=O)OC1C3C2. The maximum Gasteiger partial charge on any atom is 0.334 e. The van der Waals surface area contributed by atoms with Gasteiger partial charge in [0.2, 0.25) is 0 Å². The zero-order valence-electron chi connectivity index (χ0n) is 15.0. The minimum atomic E-state index is -0.532. The molecule has 0 aromatic rings. The number of esters is 2. The van der Waals surface area contributed by atoms with Crippen LogP contribution < -0.4 is 0 Å². The fourth-order valence-electron chi connectivity index (χ4n) is 4.44. The van der Waals surface area contributed by atoms with Crippen LogP contribution in [0.15, 0.2) is 11.6 Å². The third-order valence-corrected chi connectivity index (χ3v) is 5.82. The smallest absolute Gasteiger partial charge is 0.334 e. The van der Waals surface area contributed by atoms with Crippen molar-refractivity contribution in [3.8, 4) is 0 Å². The van der Waals surface area contributed by atoms with Crippen LogP contribution in [0.5, 0.6) is 0 Å². The maximum atomic E-state index is 13.0. The van der Waals surface area contributed by atoms with Crippen molar-refractivity contribution < 1.29 is 19.1 Å². The van der Waals surface area contributed by atoms with Gasteiger partial charge in [0.1, 0.15) is 12.2 Å². The van der Waals surface area contributed by atoms with E-state index in [0.717, 1.165) is 18.4 Å². The van der Waals surface area contributed by atoms with Gasteiger partial charge in [0.15, 0.2) is 0 Å². The second-order valence-electron chi connectivity index (χ2n) is 9.18. The van der Waals surface area contributed by atoms with Gasteiger partial charge in [-0.2, -0.15) is 0 Å². The Kier molecular flexibility index (Phi) is 3.66. The maximum absolute atomic E-state index is 13.0. The van der Waals surface area contributed by atoms with E-state index in [2.05, 4.69) is 34.6 Å². The third kappa shape index (κ3) is 2.60. The van der Waals surface area contributed by atoms with E-state index >= 15 is 0 Å². The summed E-state index contributed by atoms with van der Waals surface area (Å²) >= 11 is 0. The predicted molar refractivity (Wildman–Crippen MR) is 86.5 cm³/mol. The summed E-state index contributed by atoms with van der Waals surface area (Å²) in [5.41, 5.74) is 0.308. The first-order chi connectivity index (χ1) is 10.5. The first-order valence-corrected chi connectivity index (χ1v) is 8.67. The zero-order chi connectivity index (χ0) is 17.2. The molecule has 1 heterocycles. The van der Waals surface area contributed by atoms with Crippen LogP contribution in [0, 0.1) is 28.6 Å². The largest absolute Gasteiger partial charge is 0.457 e. The average molecular weight is 320 g/mol. The molecule has 3 aliphatic rings. The van der Waals surface area contributed by atoms with Crippen LogP contribution in [-0.4, -0.2) is 24.1 Å². The Hall–Kier alpha value is -1.32. The van der Waals surface area contributed by atoms with Gasteiger partial charge < -0.3 is 9.47 Å². The summed E-state index contributed by atoms with van der Waals surface area (Å²) in [6.07, 6.45) is 3.04. The second kappa shape index (κ2) is 5.09. The van der Waals surface area contributed by atoms with Crippen LogP contribution in [0.4, 0.5) is 0 Å². The zero-order valence-corrected chi connectivity index (χ0v) is 15.0. The summed E-state index contributed by atoms with van der Waals surface area (Å²) in [7, 11) is 0. The van der Waals surface area contributed by atoms with Crippen molar-refractivity contribution in [1.29, 1.82) is 0 Å². The Morgan fingerprint density at radius 3 is 2.57 bits per heavy atom. The molecule has 128 valence electrons. The molecule has 4 nitrogen and oxygen atoms in total. The normalized spacial score (nSPS) is 34.4. The predicted octanol–water partition coefficient (Wildman–Crippen LogP) is 3.50. The molecule has 4 heteroatoms. The Morgan fingerprint density at radius 1 is 1.35 bits per heavy atom. The minimum Gasteiger partial charge on any atom is -0.457 e. The highest BCUT2D eigenvalue weighted by atomic mass is 16.6. The molecular weight excluding hydrogens is 292 g/mol. The van der Waals surface area contributed by atoms with Crippen molar-refractivity contribution in [2.24, 2.45) is 28.6 Å². The number of carbonyl (C=O) groups excluding carboxylic acids is 2. The number of carbonyl (C=O) groups is 2. The molecule has 2 fully saturated rings. The molecule has 2 bridgehead atoms. The molecule has 1 aliphatic heterocycles. The summed E-state index contributed by atoms with van der Waals surface area (Å²) in [5.74, 6) is 0.0879. The first-order valence-electron chi connectivity index (χ1n) is 8.67. The minimum absolute atomic E-state index is 0.0413. The molecular formula is C19H28O4. The summed E-state index contributed by atoms with van der Waals surface area (Å²) in [4.78, 5) is 24.8. The standard InChI is InChI=1S/C19H28O4/c1-10(2)19(6,9-18(3,4)5)17(21)23-14-11-7-12-13(8-11)16(20)22-15(12)14/h8,10-12,14-15H,7,9H2,1-6H3. The van der Waals surface area contributed by atoms with Gasteiger partial charge in [0.05, 0.1) is 5.41 Å². The van der Waals surface area contributed by atoms with E-state index in [-0.39, 0.29) is 47.3 Å². The van der Waals surface area contributed by atoms with Crippen molar-refractivity contribution in [3.05, 3.63) is 11.6 Å². The number of hydrogen-bond donors (Lipinski definition) is 0. The van der Waals surface area contributed by atoms with E-state index in [0.29, 0.717) is 0 Å². The van der Waals surface area contributed by atoms with E-state index in [4.69, 9.17) is 9.47 Å². The molecule has 0 aromatic carbocycles. The van der Waals surface area contributed by atoms with Gasteiger partial charge in [0, 0.05) is 17.4 Å². The van der Waals surface area contributed by atoms with E-state index in [1.807, 2.05) is 13.0 Å². The van der Waals surface area contributed by atoms with Crippen LogP contribution in [-0.2, 0) is 19.1 Å². The summed E-state index contributed by atoms with van der Waals surface area (Å²) in [5, 5.41) is 0. The highest BCUT2D eigenvalue weighted by Gasteiger charge is 2.59. The van der Waals surface area contributed by atoms with Gasteiger partial charge in [-0.1, -0.05) is 40.7 Å². The Bertz CT molecular complexity index is 568. The number of rotatable bonds is 4. The molecule has 0 aromatic heterocycles. The van der Waals surface area contributed by atoms with Crippen molar-refractivity contribution in [2.75, 3.05) is 0 Å². The van der Waals surface area contributed by atoms with E-state index in [9.17, 15) is 9.59 Å². The van der Waals surface area contributed by atoms with Crippen LogP contribution in [0.1, 0.15) is 54.4 Å².